The van der Waals surface area contributed by atoms with E-state index in [1.54, 1.807) is 24.3 Å². The van der Waals surface area contributed by atoms with Crippen molar-refractivity contribution in [3.05, 3.63) is 65.1 Å². The first kappa shape index (κ1) is 23.2. The van der Waals surface area contributed by atoms with Gasteiger partial charge < -0.3 is 10.6 Å². The first-order valence-electron chi connectivity index (χ1n) is 9.34. The lowest BCUT2D eigenvalue weighted by Gasteiger charge is -2.13. The number of para-hydroxylation sites is 1. The molecule has 160 valence electrons. The fourth-order valence-corrected chi connectivity index (χ4v) is 2.71. The highest BCUT2D eigenvalue weighted by Crippen LogP contribution is 2.21. The molecule has 0 spiro atoms. The number of carbonyl (C=O) groups excluding carboxylic acids is 1. The predicted octanol–water partition coefficient (Wildman–Crippen LogP) is 4.60. The van der Waals surface area contributed by atoms with Gasteiger partial charge in [-0.05, 0) is 39.8 Å². The number of hydrogen-bond donors (Lipinski definition) is 3. The Morgan fingerprint density at radius 1 is 1.33 bits per heavy atom. The average Bonchev–Trinajstić information content (AvgIpc) is 3.07. The third kappa shape index (κ3) is 6.20. The number of nitrogens with zero attached hydrogens (tertiary/aromatic N) is 3. The quantitative estimate of drug-likeness (QED) is 0.246. The molecule has 9 heteroatoms. The van der Waals surface area contributed by atoms with Gasteiger partial charge in [0, 0.05) is 18.3 Å². The fraction of sp³-hybridized carbons (Fsp3) is 0.286. The predicted molar refractivity (Wildman–Crippen MR) is 122 cm³/mol. The number of hydroxylamine groups is 1. The molecule has 2 rings (SSSR count). The summed E-state index contributed by atoms with van der Waals surface area (Å²) < 4.78 is 1.89. The van der Waals surface area contributed by atoms with Crippen molar-refractivity contribution in [3.63, 3.8) is 0 Å². The molecule has 0 unspecified atom stereocenters. The van der Waals surface area contributed by atoms with Crippen LogP contribution in [0.5, 0.6) is 0 Å². The van der Waals surface area contributed by atoms with Crippen molar-refractivity contribution in [1.29, 1.82) is 0 Å². The number of anilines is 2. The number of allylic oxidation sites excluding steroid dienone is 1. The van der Waals surface area contributed by atoms with E-state index in [9.17, 15) is 4.79 Å². The summed E-state index contributed by atoms with van der Waals surface area (Å²) in [6.07, 6.45) is 1.49. The van der Waals surface area contributed by atoms with Crippen LogP contribution < -0.4 is 16.1 Å². The van der Waals surface area contributed by atoms with Crippen LogP contribution in [0.2, 0.25) is 0 Å². The maximum Gasteiger partial charge on any atom is 0.276 e. The van der Waals surface area contributed by atoms with E-state index in [1.807, 2.05) is 24.6 Å². The Kier molecular flexibility index (Phi) is 8.20. The number of aromatic nitrogens is 2. The molecule has 8 nitrogen and oxygen atoms in total. The molecule has 1 aromatic heterocycles. The monoisotopic (exact) mass is 430 g/mol. The van der Waals surface area contributed by atoms with Gasteiger partial charge in [0.15, 0.2) is 0 Å². The Morgan fingerprint density at radius 2 is 2.03 bits per heavy atom. The highest BCUT2D eigenvalue weighted by molar-refractivity contribution is 6.32. The molecular weight excluding hydrogens is 404 g/mol. The van der Waals surface area contributed by atoms with Gasteiger partial charge in [-0.15, -0.1) is 0 Å². The van der Waals surface area contributed by atoms with Gasteiger partial charge in [0.1, 0.15) is 11.7 Å². The summed E-state index contributed by atoms with van der Waals surface area (Å²) in [4.78, 5) is 21.1. The second-order valence-corrected chi connectivity index (χ2v) is 7.22. The third-order valence-corrected chi connectivity index (χ3v) is 4.29. The second kappa shape index (κ2) is 10.6. The van der Waals surface area contributed by atoms with Crippen LogP contribution in [-0.4, -0.2) is 28.6 Å². The van der Waals surface area contributed by atoms with Crippen molar-refractivity contribution in [2.24, 2.45) is 4.99 Å². The van der Waals surface area contributed by atoms with Gasteiger partial charge in [0.2, 0.25) is 0 Å². The number of halogens is 1. The average molecular weight is 431 g/mol. The zero-order valence-electron chi connectivity index (χ0n) is 17.8. The third-order valence-electron chi connectivity index (χ3n) is 3.97. The molecule has 1 amide bonds. The molecular formula is C21H27ClN6O2. The molecule has 2 aromatic rings. The lowest BCUT2D eigenvalue weighted by molar-refractivity contribution is 0.0538. The zero-order chi connectivity index (χ0) is 22.3. The Balaban J connectivity index is 2.10. The van der Waals surface area contributed by atoms with Crippen molar-refractivity contribution in [1.82, 2.24) is 15.3 Å². The first-order valence-corrected chi connectivity index (χ1v) is 9.72. The minimum Gasteiger partial charge on any atom is -0.354 e. The van der Waals surface area contributed by atoms with Crippen molar-refractivity contribution < 1.29 is 9.63 Å². The Morgan fingerprint density at radius 3 is 2.70 bits per heavy atom. The summed E-state index contributed by atoms with van der Waals surface area (Å²) in [5, 5.41) is 11.0. The second-order valence-electron chi connectivity index (χ2n) is 6.81. The minimum absolute atomic E-state index is 0.215. The van der Waals surface area contributed by atoms with Crippen molar-refractivity contribution in [2.45, 2.75) is 33.7 Å². The van der Waals surface area contributed by atoms with Gasteiger partial charge in [-0.25, -0.2) is 15.2 Å². The van der Waals surface area contributed by atoms with Gasteiger partial charge in [-0.1, -0.05) is 30.3 Å². The molecule has 0 saturated heterocycles. The molecule has 0 saturated carbocycles. The summed E-state index contributed by atoms with van der Waals surface area (Å²) in [7, 11) is 1.37. The van der Waals surface area contributed by atoms with Crippen LogP contribution in [0.15, 0.2) is 58.8 Å². The number of aryl methyl sites for hydroxylation is 1. The number of nitrogens with one attached hydrogen (secondary N) is 3. The number of rotatable bonds is 8. The van der Waals surface area contributed by atoms with E-state index >= 15 is 0 Å². The van der Waals surface area contributed by atoms with Crippen LogP contribution in [0.1, 0.15) is 42.9 Å². The molecule has 1 heterocycles. The molecule has 30 heavy (non-hydrogen) atoms. The highest BCUT2D eigenvalue weighted by atomic mass is 35.5. The molecule has 1 aromatic carbocycles. The van der Waals surface area contributed by atoms with Gasteiger partial charge >= 0.3 is 0 Å². The van der Waals surface area contributed by atoms with E-state index in [0.29, 0.717) is 27.8 Å². The van der Waals surface area contributed by atoms with Crippen molar-refractivity contribution in [3.8, 4) is 0 Å². The standard InChI is InChI=1S/C21H27ClN6O2/c1-13(2)28-20(11-14(3)26-28)25-16(5)23-12-18(22)15(4)24-19-10-8-7-9-17(19)21(29)27-30-6/h7-13,24H,4H2,1-3,5-6H3,(H,23,25)(H,27,29)/b18-12+. The molecule has 0 bridgehead atoms. The molecule has 0 atom stereocenters. The van der Waals surface area contributed by atoms with E-state index in [1.165, 1.54) is 13.3 Å². The summed E-state index contributed by atoms with van der Waals surface area (Å²) in [6, 6.07) is 9.11. The molecule has 0 fully saturated rings. The van der Waals surface area contributed by atoms with Crippen LogP contribution >= 0.6 is 11.6 Å². The van der Waals surface area contributed by atoms with Crippen LogP contribution in [0, 0.1) is 6.92 Å². The van der Waals surface area contributed by atoms with Gasteiger partial charge in [0.05, 0.1) is 34.8 Å². The van der Waals surface area contributed by atoms with E-state index in [-0.39, 0.29) is 11.9 Å². The lowest BCUT2D eigenvalue weighted by Crippen LogP contribution is -2.23. The number of hydrogen-bond acceptors (Lipinski definition) is 5. The number of benzene rings is 1. The number of carbonyl (C=O) groups is 1. The Labute approximate surface area is 181 Å². The maximum atomic E-state index is 12.1. The molecule has 0 aliphatic rings. The number of amides is 1. The molecule has 3 N–H and O–H groups in total. The Hall–Kier alpha value is -3.10. The molecule has 0 aliphatic heterocycles. The minimum atomic E-state index is -0.386. The van der Waals surface area contributed by atoms with Crippen molar-refractivity contribution in [2.75, 3.05) is 17.7 Å². The summed E-state index contributed by atoms with van der Waals surface area (Å²) in [6.45, 7) is 11.8. The fourth-order valence-electron chi connectivity index (χ4n) is 2.61. The summed E-state index contributed by atoms with van der Waals surface area (Å²) in [5.41, 5.74) is 4.54. The normalized spacial score (nSPS) is 12.1. The lowest BCUT2D eigenvalue weighted by atomic mass is 10.1. The maximum absolute atomic E-state index is 12.1. The van der Waals surface area contributed by atoms with E-state index < -0.39 is 0 Å². The van der Waals surface area contributed by atoms with Crippen LogP contribution in [0.4, 0.5) is 11.5 Å². The number of aliphatic imine (C=N–C) groups is 1. The van der Waals surface area contributed by atoms with Gasteiger partial charge in [-0.3, -0.25) is 9.63 Å². The van der Waals surface area contributed by atoms with E-state index in [0.717, 1.165) is 11.5 Å². The zero-order valence-corrected chi connectivity index (χ0v) is 18.5. The van der Waals surface area contributed by atoms with Crippen LogP contribution in [0.25, 0.3) is 0 Å². The SMILES string of the molecule is C=C(Nc1ccccc1C(=O)NOC)/C(Cl)=C\N=C(C)Nc1cc(C)nn1C(C)C. The topological polar surface area (TPSA) is 92.6 Å². The summed E-state index contributed by atoms with van der Waals surface area (Å²) >= 11 is 6.33. The summed E-state index contributed by atoms with van der Waals surface area (Å²) in [5.74, 6) is 1.11. The van der Waals surface area contributed by atoms with Crippen LogP contribution in [-0.2, 0) is 4.84 Å². The van der Waals surface area contributed by atoms with Crippen LogP contribution in [0.3, 0.4) is 0 Å². The smallest absolute Gasteiger partial charge is 0.276 e. The van der Waals surface area contributed by atoms with Crippen molar-refractivity contribution >= 4 is 34.8 Å². The molecule has 0 aliphatic carbocycles. The van der Waals surface area contributed by atoms with Gasteiger partial charge in [0.25, 0.3) is 5.91 Å². The highest BCUT2D eigenvalue weighted by Gasteiger charge is 2.12. The van der Waals surface area contributed by atoms with E-state index in [2.05, 4.69) is 51.5 Å². The largest absolute Gasteiger partial charge is 0.354 e. The Bertz CT molecular complexity index is 978. The van der Waals surface area contributed by atoms with E-state index in [4.69, 9.17) is 11.6 Å². The number of amidine groups is 1. The first-order chi connectivity index (χ1) is 14.2. The van der Waals surface area contributed by atoms with Gasteiger partial charge in [-0.2, -0.15) is 5.10 Å². The molecule has 0 radical (unpaired) electrons.